The number of carboxylic acids is 1. The third-order valence-corrected chi connectivity index (χ3v) is 5.18. The summed E-state index contributed by atoms with van der Waals surface area (Å²) < 4.78 is 13.9. The van der Waals surface area contributed by atoms with Crippen LogP contribution in [0.15, 0.2) is 24.3 Å². The number of benzene rings is 1. The summed E-state index contributed by atoms with van der Waals surface area (Å²) in [6, 6.07) is 6.64. The number of nitrogens with zero attached hydrogens (tertiary/aromatic N) is 2. The number of hydrogen-bond donors (Lipinski definition) is 1. The monoisotopic (exact) mass is 334 g/mol. The standard InChI is InChI=1S/C18H23FN2O3/c19-15-7-3-4-8-16(15)20-9-11-21(12-10-20)17(22)13-5-1-2-6-14(13)18(23)24/h3-4,7-8,13-14H,1-2,5-6,9-12H2,(H,23,24). The van der Waals surface area contributed by atoms with Crippen molar-refractivity contribution in [2.75, 3.05) is 31.1 Å². The number of para-hydroxylation sites is 1. The Kier molecular flexibility index (Phi) is 5.02. The minimum Gasteiger partial charge on any atom is -0.481 e. The summed E-state index contributed by atoms with van der Waals surface area (Å²) in [5.74, 6) is -2.13. The zero-order valence-corrected chi connectivity index (χ0v) is 13.7. The fourth-order valence-electron chi connectivity index (χ4n) is 3.83. The molecule has 3 rings (SSSR count). The maximum atomic E-state index is 13.9. The van der Waals surface area contributed by atoms with Gasteiger partial charge in [0.15, 0.2) is 0 Å². The van der Waals surface area contributed by atoms with Gasteiger partial charge in [0.2, 0.25) is 5.91 Å². The second-order valence-corrected chi connectivity index (χ2v) is 6.60. The molecular formula is C18H23FN2O3. The molecule has 0 aromatic heterocycles. The molecule has 0 bridgehead atoms. The highest BCUT2D eigenvalue weighted by atomic mass is 19.1. The van der Waals surface area contributed by atoms with Crippen LogP contribution in [-0.2, 0) is 9.59 Å². The average molecular weight is 334 g/mol. The SMILES string of the molecule is O=C(O)C1CCCCC1C(=O)N1CCN(c2ccccc2F)CC1. The number of rotatable bonds is 3. The molecule has 1 aromatic rings. The number of carboxylic acid groups (broad SMARTS) is 1. The normalized spacial score (nSPS) is 24.7. The van der Waals surface area contributed by atoms with Crippen LogP contribution in [-0.4, -0.2) is 48.1 Å². The van der Waals surface area contributed by atoms with Gasteiger partial charge in [-0.25, -0.2) is 4.39 Å². The lowest BCUT2D eigenvalue weighted by Crippen LogP contribution is -2.52. The molecule has 1 saturated heterocycles. The first-order chi connectivity index (χ1) is 11.6. The molecule has 2 unspecified atom stereocenters. The fourth-order valence-corrected chi connectivity index (χ4v) is 3.83. The minimum absolute atomic E-state index is 0.0460. The average Bonchev–Trinajstić information content (AvgIpc) is 2.62. The molecule has 130 valence electrons. The van der Waals surface area contributed by atoms with Gasteiger partial charge in [-0.2, -0.15) is 0 Å². The number of piperazine rings is 1. The van der Waals surface area contributed by atoms with Crippen molar-refractivity contribution in [1.29, 1.82) is 0 Å². The van der Waals surface area contributed by atoms with Gasteiger partial charge in [0.1, 0.15) is 5.82 Å². The lowest BCUT2D eigenvalue weighted by atomic mass is 9.78. The predicted molar refractivity (Wildman–Crippen MR) is 88.3 cm³/mol. The number of anilines is 1. The Morgan fingerprint density at radius 2 is 1.62 bits per heavy atom. The number of aliphatic carboxylic acids is 1. The largest absolute Gasteiger partial charge is 0.481 e. The Hall–Kier alpha value is -2.11. The maximum absolute atomic E-state index is 13.9. The maximum Gasteiger partial charge on any atom is 0.307 e. The van der Waals surface area contributed by atoms with Crippen LogP contribution in [0.5, 0.6) is 0 Å². The molecular weight excluding hydrogens is 311 g/mol. The molecule has 1 aliphatic carbocycles. The third-order valence-electron chi connectivity index (χ3n) is 5.18. The Morgan fingerprint density at radius 3 is 2.25 bits per heavy atom. The van der Waals surface area contributed by atoms with E-state index in [0.717, 1.165) is 12.8 Å². The van der Waals surface area contributed by atoms with Gasteiger partial charge >= 0.3 is 5.97 Å². The van der Waals surface area contributed by atoms with Gasteiger partial charge in [0.25, 0.3) is 0 Å². The molecule has 1 amide bonds. The highest BCUT2D eigenvalue weighted by Gasteiger charge is 2.38. The molecule has 1 saturated carbocycles. The summed E-state index contributed by atoms with van der Waals surface area (Å²) in [5.41, 5.74) is 0.561. The summed E-state index contributed by atoms with van der Waals surface area (Å²) in [5, 5.41) is 9.36. The van der Waals surface area contributed by atoms with Gasteiger partial charge in [0, 0.05) is 26.2 Å². The van der Waals surface area contributed by atoms with E-state index in [4.69, 9.17) is 0 Å². The zero-order chi connectivity index (χ0) is 17.1. The van der Waals surface area contributed by atoms with Crippen LogP contribution in [0.25, 0.3) is 0 Å². The molecule has 24 heavy (non-hydrogen) atoms. The molecule has 2 atom stereocenters. The van der Waals surface area contributed by atoms with Crippen LogP contribution in [0.1, 0.15) is 25.7 Å². The molecule has 1 N–H and O–H groups in total. The summed E-state index contributed by atoms with van der Waals surface area (Å²) >= 11 is 0. The summed E-state index contributed by atoms with van der Waals surface area (Å²) in [6.45, 7) is 2.15. The van der Waals surface area contributed by atoms with Crippen molar-refractivity contribution in [2.24, 2.45) is 11.8 Å². The minimum atomic E-state index is -0.863. The Labute approximate surface area is 141 Å². The molecule has 0 radical (unpaired) electrons. The number of halogens is 1. The van der Waals surface area contributed by atoms with Gasteiger partial charge in [-0.1, -0.05) is 25.0 Å². The van der Waals surface area contributed by atoms with E-state index in [1.807, 2.05) is 4.90 Å². The first kappa shape index (κ1) is 16.7. The topological polar surface area (TPSA) is 60.9 Å². The highest BCUT2D eigenvalue weighted by Crippen LogP contribution is 2.32. The number of amides is 1. The second kappa shape index (κ2) is 7.20. The number of carbonyl (C=O) groups is 2. The Morgan fingerprint density at radius 1 is 1.00 bits per heavy atom. The zero-order valence-electron chi connectivity index (χ0n) is 13.7. The lowest BCUT2D eigenvalue weighted by Gasteiger charge is -2.39. The van der Waals surface area contributed by atoms with E-state index in [2.05, 4.69) is 0 Å². The van der Waals surface area contributed by atoms with E-state index >= 15 is 0 Å². The summed E-state index contributed by atoms with van der Waals surface area (Å²) in [7, 11) is 0. The molecule has 5 nitrogen and oxygen atoms in total. The molecule has 1 aromatic carbocycles. The first-order valence-corrected chi connectivity index (χ1v) is 8.59. The molecule has 0 spiro atoms. The molecule has 6 heteroatoms. The smallest absolute Gasteiger partial charge is 0.307 e. The number of hydrogen-bond acceptors (Lipinski definition) is 3. The van der Waals surface area contributed by atoms with Crippen LogP contribution in [0.2, 0.25) is 0 Å². The van der Waals surface area contributed by atoms with E-state index in [1.165, 1.54) is 6.07 Å². The summed E-state index contributed by atoms with van der Waals surface area (Å²) in [6.07, 6.45) is 3.03. The van der Waals surface area contributed by atoms with Crippen LogP contribution < -0.4 is 4.90 Å². The van der Waals surface area contributed by atoms with Crippen LogP contribution >= 0.6 is 0 Å². The van der Waals surface area contributed by atoms with Crippen LogP contribution in [0.3, 0.4) is 0 Å². The molecule has 2 fully saturated rings. The predicted octanol–water partition coefficient (Wildman–Crippen LogP) is 2.37. The van der Waals surface area contributed by atoms with Crippen molar-refractivity contribution < 1.29 is 19.1 Å². The molecule has 1 heterocycles. The van der Waals surface area contributed by atoms with Gasteiger partial charge in [-0.15, -0.1) is 0 Å². The van der Waals surface area contributed by atoms with Gasteiger partial charge in [0.05, 0.1) is 17.5 Å². The van der Waals surface area contributed by atoms with E-state index in [9.17, 15) is 19.1 Å². The van der Waals surface area contributed by atoms with E-state index in [0.29, 0.717) is 44.7 Å². The quantitative estimate of drug-likeness (QED) is 0.922. The summed E-state index contributed by atoms with van der Waals surface area (Å²) in [4.78, 5) is 27.8. The Balaban J connectivity index is 1.62. The van der Waals surface area contributed by atoms with Crippen LogP contribution in [0.4, 0.5) is 10.1 Å². The fraction of sp³-hybridized carbons (Fsp3) is 0.556. The second-order valence-electron chi connectivity index (χ2n) is 6.60. The lowest BCUT2D eigenvalue weighted by molar-refractivity contribution is -0.152. The highest BCUT2D eigenvalue weighted by molar-refractivity contribution is 5.85. The molecule has 2 aliphatic rings. The van der Waals surface area contributed by atoms with Crippen molar-refractivity contribution in [3.63, 3.8) is 0 Å². The van der Waals surface area contributed by atoms with Crippen LogP contribution in [0, 0.1) is 17.7 Å². The molecule has 1 aliphatic heterocycles. The van der Waals surface area contributed by atoms with E-state index in [-0.39, 0.29) is 11.7 Å². The van der Waals surface area contributed by atoms with Crippen molar-refractivity contribution in [2.45, 2.75) is 25.7 Å². The Bertz CT molecular complexity index is 614. The van der Waals surface area contributed by atoms with Crippen molar-refractivity contribution in [1.82, 2.24) is 4.90 Å². The van der Waals surface area contributed by atoms with Gasteiger partial charge < -0.3 is 14.9 Å². The van der Waals surface area contributed by atoms with Gasteiger partial charge in [-0.3, -0.25) is 9.59 Å². The van der Waals surface area contributed by atoms with E-state index < -0.39 is 17.8 Å². The number of carbonyl (C=O) groups excluding carboxylic acids is 1. The van der Waals surface area contributed by atoms with Crippen molar-refractivity contribution >= 4 is 17.6 Å². The van der Waals surface area contributed by atoms with Crippen molar-refractivity contribution in [3.05, 3.63) is 30.1 Å². The van der Waals surface area contributed by atoms with E-state index in [1.54, 1.807) is 23.1 Å². The van der Waals surface area contributed by atoms with Gasteiger partial charge in [-0.05, 0) is 25.0 Å². The van der Waals surface area contributed by atoms with Crippen molar-refractivity contribution in [3.8, 4) is 0 Å². The first-order valence-electron chi connectivity index (χ1n) is 8.59. The third kappa shape index (κ3) is 3.37.